The van der Waals surface area contributed by atoms with E-state index in [-0.39, 0.29) is 12.2 Å². The zero-order valence-corrected chi connectivity index (χ0v) is 15.7. The van der Waals surface area contributed by atoms with Crippen molar-refractivity contribution in [1.29, 1.82) is 5.26 Å². The van der Waals surface area contributed by atoms with Crippen LogP contribution in [0.2, 0.25) is 0 Å². The van der Waals surface area contributed by atoms with Gasteiger partial charge in [-0.2, -0.15) is 5.26 Å². The third kappa shape index (κ3) is 2.72. The predicted octanol–water partition coefficient (Wildman–Crippen LogP) is 5.67. The van der Waals surface area contributed by atoms with Crippen molar-refractivity contribution in [1.82, 2.24) is 9.55 Å². The molecule has 1 aliphatic carbocycles. The van der Waals surface area contributed by atoms with Crippen molar-refractivity contribution in [2.24, 2.45) is 4.99 Å². The highest BCUT2D eigenvalue weighted by molar-refractivity contribution is 5.91. The molecule has 0 spiro atoms. The SMILES string of the molecule is N#CCc1c(F)cc(-c2ccc3c(c2)ncn3C2CCCCC2)c2c1CC=N2. The summed E-state index contributed by atoms with van der Waals surface area (Å²) in [5.41, 5.74) is 5.86. The standard InChI is InChI=1S/C23H21FN4/c24-20-13-19(23-18(9-11-26-23)17(20)8-10-25)15-6-7-22-21(12-15)27-14-28(22)16-4-2-1-3-5-16/h6-7,11-14,16H,1-5,8-9H2. The minimum Gasteiger partial charge on any atom is -0.327 e. The topological polar surface area (TPSA) is 54.0 Å². The van der Waals surface area contributed by atoms with E-state index >= 15 is 0 Å². The fraction of sp³-hybridized carbons (Fsp3) is 0.348. The van der Waals surface area contributed by atoms with Crippen molar-refractivity contribution >= 4 is 22.9 Å². The number of hydrogen-bond donors (Lipinski definition) is 0. The first kappa shape index (κ1) is 17.1. The van der Waals surface area contributed by atoms with Gasteiger partial charge in [0.25, 0.3) is 0 Å². The largest absolute Gasteiger partial charge is 0.327 e. The number of halogens is 1. The molecule has 0 bridgehead atoms. The Morgan fingerprint density at radius 1 is 1.18 bits per heavy atom. The maximum Gasteiger partial charge on any atom is 0.128 e. The number of hydrogen-bond acceptors (Lipinski definition) is 3. The quantitative estimate of drug-likeness (QED) is 0.594. The molecule has 0 N–H and O–H groups in total. The molecular formula is C23H21FN4. The lowest BCUT2D eigenvalue weighted by atomic mass is 9.93. The van der Waals surface area contributed by atoms with Gasteiger partial charge in [0.2, 0.25) is 0 Å². The molecule has 0 amide bonds. The number of fused-ring (bicyclic) bond motifs is 2. The third-order valence-electron chi connectivity index (χ3n) is 6.09. The zero-order valence-electron chi connectivity index (χ0n) is 15.7. The second-order valence-corrected chi connectivity index (χ2v) is 7.71. The van der Waals surface area contributed by atoms with Crippen LogP contribution < -0.4 is 0 Å². The normalized spacial score (nSPS) is 16.4. The Bertz CT molecular complexity index is 1130. The van der Waals surface area contributed by atoms with Crippen LogP contribution in [0.1, 0.15) is 49.3 Å². The Hall–Kier alpha value is -3.00. The molecule has 0 radical (unpaired) electrons. The van der Waals surface area contributed by atoms with E-state index in [4.69, 9.17) is 5.26 Å². The molecule has 28 heavy (non-hydrogen) atoms. The van der Waals surface area contributed by atoms with Gasteiger partial charge in [0, 0.05) is 29.8 Å². The minimum atomic E-state index is -0.325. The highest BCUT2D eigenvalue weighted by Gasteiger charge is 2.22. The Balaban J connectivity index is 1.59. The molecule has 5 heteroatoms. The number of aromatic nitrogens is 2. The molecule has 2 aliphatic rings. The van der Waals surface area contributed by atoms with Gasteiger partial charge in [-0.1, -0.05) is 25.3 Å². The van der Waals surface area contributed by atoms with Crippen molar-refractivity contribution in [2.45, 2.75) is 51.0 Å². The number of rotatable bonds is 3. The molecule has 2 aromatic carbocycles. The first-order valence-electron chi connectivity index (χ1n) is 9.97. The number of benzene rings is 2. The molecule has 1 aliphatic heterocycles. The molecule has 2 heterocycles. The molecule has 5 rings (SSSR count). The van der Waals surface area contributed by atoms with E-state index in [0.29, 0.717) is 18.0 Å². The Morgan fingerprint density at radius 2 is 2.04 bits per heavy atom. The lowest BCUT2D eigenvalue weighted by Crippen LogP contribution is -2.11. The highest BCUT2D eigenvalue weighted by Crippen LogP contribution is 2.41. The number of aliphatic imine (C=N–C) groups is 1. The monoisotopic (exact) mass is 372 g/mol. The lowest BCUT2D eigenvalue weighted by Gasteiger charge is -2.23. The lowest BCUT2D eigenvalue weighted by molar-refractivity contribution is 0.359. The summed E-state index contributed by atoms with van der Waals surface area (Å²) in [6.45, 7) is 0. The number of nitrogens with zero attached hydrogens (tertiary/aromatic N) is 4. The number of imidazole rings is 1. The molecular weight excluding hydrogens is 351 g/mol. The summed E-state index contributed by atoms with van der Waals surface area (Å²) >= 11 is 0. The molecule has 1 saturated carbocycles. The summed E-state index contributed by atoms with van der Waals surface area (Å²) in [6.07, 6.45) is 10.7. The summed E-state index contributed by atoms with van der Waals surface area (Å²) in [7, 11) is 0. The molecule has 0 unspecified atom stereocenters. The summed E-state index contributed by atoms with van der Waals surface area (Å²) in [6, 6.07) is 10.3. The van der Waals surface area contributed by atoms with Crippen LogP contribution in [0, 0.1) is 17.1 Å². The molecule has 140 valence electrons. The average Bonchev–Trinajstić information content (AvgIpc) is 3.37. The fourth-order valence-electron chi connectivity index (χ4n) is 4.67. The first-order valence-corrected chi connectivity index (χ1v) is 9.97. The van der Waals surface area contributed by atoms with Crippen LogP contribution in [-0.2, 0) is 12.8 Å². The van der Waals surface area contributed by atoms with Crippen LogP contribution in [0.25, 0.3) is 22.2 Å². The van der Waals surface area contributed by atoms with Crippen LogP contribution in [0.15, 0.2) is 35.6 Å². The molecule has 3 aromatic rings. The van der Waals surface area contributed by atoms with Gasteiger partial charge in [-0.3, -0.25) is 4.99 Å². The summed E-state index contributed by atoms with van der Waals surface area (Å²) < 4.78 is 17.0. The molecule has 0 saturated heterocycles. The predicted molar refractivity (Wildman–Crippen MR) is 108 cm³/mol. The van der Waals surface area contributed by atoms with Gasteiger partial charge in [-0.05, 0) is 42.2 Å². The molecule has 4 nitrogen and oxygen atoms in total. The van der Waals surface area contributed by atoms with E-state index in [2.05, 4.69) is 26.7 Å². The van der Waals surface area contributed by atoms with Gasteiger partial charge in [-0.15, -0.1) is 0 Å². The second-order valence-electron chi connectivity index (χ2n) is 7.71. The van der Waals surface area contributed by atoms with Gasteiger partial charge < -0.3 is 4.57 Å². The molecule has 1 fully saturated rings. The number of nitriles is 1. The average molecular weight is 372 g/mol. The van der Waals surface area contributed by atoms with E-state index in [1.807, 2.05) is 18.5 Å². The maximum atomic E-state index is 14.7. The van der Waals surface area contributed by atoms with Gasteiger partial charge in [0.05, 0.1) is 35.5 Å². The van der Waals surface area contributed by atoms with Gasteiger partial charge in [0.15, 0.2) is 0 Å². The summed E-state index contributed by atoms with van der Waals surface area (Å²) in [4.78, 5) is 9.12. The van der Waals surface area contributed by atoms with Crippen molar-refractivity contribution in [3.05, 3.63) is 47.5 Å². The minimum absolute atomic E-state index is 0.0721. The smallest absolute Gasteiger partial charge is 0.128 e. The van der Waals surface area contributed by atoms with E-state index in [1.54, 1.807) is 6.21 Å². The van der Waals surface area contributed by atoms with Crippen LogP contribution in [0.5, 0.6) is 0 Å². The van der Waals surface area contributed by atoms with Crippen LogP contribution in [-0.4, -0.2) is 15.8 Å². The van der Waals surface area contributed by atoms with Gasteiger partial charge >= 0.3 is 0 Å². The second kappa shape index (κ2) is 6.87. The van der Waals surface area contributed by atoms with E-state index < -0.39 is 0 Å². The highest BCUT2D eigenvalue weighted by atomic mass is 19.1. The Labute approximate surface area is 163 Å². The Morgan fingerprint density at radius 3 is 2.86 bits per heavy atom. The summed E-state index contributed by atoms with van der Waals surface area (Å²) in [5.74, 6) is -0.325. The van der Waals surface area contributed by atoms with Crippen LogP contribution >= 0.6 is 0 Å². The third-order valence-corrected chi connectivity index (χ3v) is 6.09. The van der Waals surface area contributed by atoms with Crippen molar-refractivity contribution in [3.8, 4) is 17.2 Å². The van der Waals surface area contributed by atoms with Gasteiger partial charge in [-0.25, -0.2) is 9.37 Å². The van der Waals surface area contributed by atoms with Crippen LogP contribution in [0.4, 0.5) is 10.1 Å². The van der Waals surface area contributed by atoms with Crippen LogP contribution in [0.3, 0.4) is 0 Å². The Kier molecular flexibility index (Phi) is 4.20. The van der Waals surface area contributed by atoms with E-state index in [0.717, 1.165) is 33.4 Å². The zero-order chi connectivity index (χ0) is 19.1. The maximum absolute atomic E-state index is 14.7. The van der Waals surface area contributed by atoms with E-state index in [9.17, 15) is 4.39 Å². The van der Waals surface area contributed by atoms with Crippen molar-refractivity contribution in [2.75, 3.05) is 0 Å². The van der Waals surface area contributed by atoms with Crippen molar-refractivity contribution in [3.63, 3.8) is 0 Å². The fourth-order valence-corrected chi connectivity index (χ4v) is 4.67. The van der Waals surface area contributed by atoms with Crippen molar-refractivity contribution < 1.29 is 4.39 Å². The molecule has 0 atom stereocenters. The first-order chi connectivity index (χ1) is 13.8. The van der Waals surface area contributed by atoms with E-state index in [1.165, 1.54) is 38.2 Å². The molecule has 1 aromatic heterocycles. The summed E-state index contributed by atoms with van der Waals surface area (Å²) in [5, 5.41) is 9.02. The van der Waals surface area contributed by atoms with Gasteiger partial charge in [0.1, 0.15) is 5.82 Å².